The Morgan fingerprint density at radius 1 is 1.33 bits per heavy atom. The van der Waals surface area contributed by atoms with Crippen LogP contribution in [0, 0.1) is 0 Å². The lowest BCUT2D eigenvalue weighted by atomic mass is 10.0. The Morgan fingerprint density at radius 2 is 2.07 bits per heavy atom. The van der Waals surface area contributed by atoms with Crippen LogP contribution >= 0.6 is 0 Å². The van der Waals surface area contributed by atoms with Gasteiger partial charge in [0.05, 0.1) is 6.54 Å². The Hall–Kier alpha value is -1.30. The largest absolute Gasteiger partial charge is 0.370 e. The van der Waals surface area contributed by atoms with E-state index in [0.29, 0.717) is 12.6 Å². The van der Waals surface area contributed by atoms with Gasteiger partial charge in [-0.05, 0) is 26.4 Å². The van der Waals surface area contributed by atoms with Gasteiger partial charge in [-0.3, -0.25) is 0 Å². The fraction of sp³-hybridized carbons (Fsp3) is 0.778. The van der Waals surface area contributed by atoms with E-state index in [1.54, 1.807) is 0 Å². The van der Waals surface area contributed by atoms with Crippen LogP contribution in [0.15, 0.2) is 9.98 Å². The molecule has 6 nitrogen and oxygen atoms in total. The Bertz CT molecular complexity index is 255. The summed E-state index contributed by atoms with van der Waals surface area (Å²) in [7, 11) is 2.11. The van der Waals surface area contributed by atoms with Crippen LogP contribution in [-0.4, -0.2) is 43.0 Å². The topological polar surface area (TPSA) is 106 Å². The van der Waals surface area contributed by atoms with Crippen molar-refractivity contribution < 1.29 is 0 Å². The van der Waals surface area contributed by atoms with Crippen LogP contribution in [0.3, 0.4) is 0 Å². The fourth-order valence-electron chi connectivity index (χ4n) is 1.74. The number of rotatable bonds is 2. The smallest absolute Gasteiger partial charge is 0.218 e. The molecule has 0 bridgehead atoms. The lowest BCUT2D eigenvalue weighted by Crippen LogP contribution is -2.38. The Balaban J connectivity index is 2.44. The molecular formula is C9H20N6. The quantitative estimate of drug-likeness (QED) is 0.405. The second kappa shape index (κ2) is 5.55. The number of likely N-dealkylation sites (N-methyl/N-ethyl adjacent to an activating group) is 1. The summed E-state index contributed by atoms with van der Waals surface area (Å²) in [4.78, 5) is 10.1. The zero-order valence-electron chi connectivity index (χ0n) is 9.19. The van der Waals surface area contributed by atoms with Gasteiger partial charge in [-0.2, -0.15) is 4.99 Å². The van der Waals surface area contributed by atoms with Gasteiger partial charge in [0.25, 0.3) is 0 Å². The summed E-state index contributed by atoms with van der Waals surface area (Å²) in [5, 5.41) is 0. The molecule has 86 valence electrons. The fourth-order valence-corrected chi connectivity index (χ4v) is 1.74. The lowest BCUT2D eigenvalue weighted by Gasteiger charge is -2.31. The number of guanidine groups is 2. The van der Waals surface area contributed by atoms with E-state index in [1.807, 2.05) is 0 Å². The van der Waals surface area contributed by atoms with Gasteiger partial charge < -0.3 is 22.1 Å². The molecule has 1 aliphatic heterocycles. The molecule has 0 spiro atoms. The maximum Gasteiger partial charge on any atom is 0.218 e. The van der Waals surface area contributed by atoms with E-state index < -0.39 is 0 Å². The number of nitrogens with two attached hydrogens (primary N) is 3. The van der Waals surface area contributed by atoms with Crippen molar-refractivity contribution in [1.82, 2.24) is 4.90 Å². The maximum absolute atomic E-state index is 5.52. The SMILES string of the molecule is CN1CCCCC1CN=C(N)N=C(N)N. The summed E-state index contributed by atoms with van der Waals surface area (Å²) >= 11 is 0. The van der Waals surface area contributed by atoms with Gasteiger partial charge >= 0.3 is 0 Å². The van der Waals surface area contributed by atoms with Crippen LogP contribution in [-0.2, 0) is 0 Å². The summed E-state index contributed by atoms with van der Waals surface area (Å²) in [5.74, 6) is 0.113. The predicted molar refractivity (Wildman–Crippen MR) is 62.6 cm³/mol. The number of aliphatic imine (C=N–C) groups is 2. The molecule has 15 heavy (non-hydrogen) atoms. The first-order valence-corrected chi connectivity index (χ1v) is 5.19. The van der Waals surface area contributed by atoms with Crippen molar-refractivity contribution in [3.8, 4) is 0 Å². The molecular weight excluding hydrogens is 192 g/mol. The van der Waals surface area contributed by atoms with Gasteiger partial charge in [0.15, 0.2) is 5.96 Å². The second-order valence-electron chi connectivity index (χ2n) is 3.87. The molecule has 0 saturated carbocycles. The number of hydrogen-bond donors (Lipinski definition) is 3. The highest BCUT2D eigenvalue weighted by atomic mass is 15.2. The average Bonchev–Trinajstić information content (AvgIpc) is 2.15. The average molecular weight is 212 g/mol. The summed E-state index contributed by atoms with van der Waals surface area (Å²) in [6, 6.07) is 0.464. The third kappa shape index (κ3) is 4.16. The molecule has 6 N–H and O–H groups in total. The van der Waals surface area contributed by atoms with E-state index >= 15 is 0 Å². The molecule has 0 radical (unpaired) electrons. The van der Waals surface area contributed by atoms with E-state index in [0.717, 1.165) is 13.0 Å². The minimum atomic E-state index is -0.0479. The minimum absolute atomic E-state index is 0.0479. The zero-order chi connectivity index (χ0) is 11.3. The molecule has 0 amide bonds. The molecule has 1 unspecified atom stereocenters. The van der Waals surface area contributed by atoms with Crippen molar-refractivity contribution in [2.24, 2.45) is 27.2 Å². The van der Waals surface area contributed by atoms with Crippen LogP contribution in [0.5, 0.6) is 0 Å². The molecule has 1 heterocycles. The number of piperidine rings is 1. The van der Waals surface area contributed by atoms with Crippen LogP contribution in [0.25, 0.3) is 0 Å². The summed E-state index contributed by atoms with van der Waals surface area (Å²) in [6.45, 7) is 1.79. The highest BCUT2D eigenvalue weighted by Crippen LogP contribution is 2.14. The number of hydrogen-bond acceptors (Lipinski definition) is 2. The monoisotopic (exact) mass is 212 g/mol. The van der Waals surface area contributed by atoms with E-state index in [2.05, 4.69) is 21.9 Å². The van der Waals surface area contributed by atoms with E-state index in [9.17, 15) is 0 Å². The van der Waals surface area contributed by atoms with E-state index in [-0.39, 0.29) is 11.9 Å². The molecule has 0 aromatic heterocycles. The highest BCUT2D eigenvalue weighted by Gasteiger charge is 2.17. The molecule has 6 heteroatoms. The molecule has 0 aromatic rings. The van der Waals surface area contributed by atoms with Gasteiger partial charge in [0.2, 0.25) is 5.96 Å². The Labute approximate surface area is 90.2 Å². The Morgan fingerprint density at radius 3 is 2.67 bits per heavy atom. The predicted octanol–water partition coefficient (Wildman–Crippen LogP) is -0.941. The van der Waals surface area contributed by atoms with Crippen LogP contribution in [0.4, 0.5) is 0 Å². The van der Waals surface area contributed by atoms with Crippen molar-refractivity contribution in [3.05, 3.63) is 0 Å². The van der Waals surface area contributed by atoms with Crippen molar-refractivity contribution in [3.63, 3.8) is 0 Å². The van der Waals surface area contributed by atoms with Gasteiger partial charge in [0.1, 0.15) is 0 Å². The summed E-state index contributed by atoms with van der Waals surface area (Å²) in [5.41, 5.74) is 15.9. The molecule has 0 aliphatic carbocycles. The maximum atomic E-state index is 5.52. The molecule has 1 saturated heterocycles. The van der Waals surface area contributed by atoms with Crippen LogP contribution in [0.1, 0.15) is 19.3 Å². The highest BCUT2D eigenvalue weighted by molar-refractivity contribution is 5.92. The third-order valence-corrected chi connectivity index (χ3v) is 2.63. The summed E-state index contributed by atoms with van der Waals surface area (Å²) in [6.07, 6.45) is 3.68. The Kier molecular flexibility index (Phi) is 4.36. The first kappa shape index (κ1) is 11.8. The first-order chi connectivity index (χ1) is 7.09. The molecule has 0 aromatic carbocycles. The van der Waals surface area contributed by atoms with E-state index in [1.165, 1.54) is 12.8 Å². The first-order valence-electron chi connectivity index (χ1n) is 5.19. The van der Waals surface area contributed by atoms with Crippen LogP contribution < -0.4 is 17.2 Å². The number of likely N-dealkylation sites (tertiary alicyclic amines) is 1. The van der Waals surface area contributed by atoms with Crippen LogP contribution in [0.2, 0.25) is 0 Å². The van der Waals surface area contributed by atoms with Crippen molar-refractivity contribution in [1.29, 1.82) is 0 Å². The standard InChI is InChI=1S/C9H20N6/c1-15-5-3-2-4-7(15)6-13-9(12)14-8(10)11/h7H,2-6H2,1H3,(H6,10,11,12,13,14). The second-order valence-corrected chi connectivity index (χ2v) is 3.87. The molecule has 1 atom stereocenters. The van der Waals surface area contributed by atoms with Gasteiger partial charge in [-0.25, -0.2) is 4.99 Å². The zero-order valence-corrected chi connectivity index (χ0v) is 9.19. The summed E-state index contributed by atoms with van der Waals surface area (Å²) < 4.78 is 0. The third-order valence-electron chi connectivity index (χ3n) is 2.63. The normalized spacial score (nSPS) is 23.8. The number of nitrogens with zero attached hydrogens (tertiary/aromatic N) is 3. The van der Waals surface area contributed by atoms with Crippen molar-refractivity contribution >= 4 is 11.9 Å². The lowest BCUT2D eigenvalue weighted by molar-refractivity contribution is 0.191. The van der Waals surface area contributed by atoms with E-state index in [4.69, 9.17) is 17.2 Å². The van der Waals surface area contributed by atoms with Gasteiger partial charge in [-0.15, -0.1) is 0 Å². The molecule has 1 aliphatic rings. The molecule has 1 rings (SSSR count). The molecule has 1 fully saturated rings. The van der Waals surface area contributed by atoms with Crippen molar-refractivity contribution in [2.75, 3.05) is 20.1 Å². The van der Waals surface area contributed by atoms with Gasteiger partial charge in [0, 0.05) is 6.04 Å². The van der Waals surface area contributed by atoms with Gasteiger partial charge in [-0.1, -0.05) is 6.42 Å². The van der Waals surface area contributed by atoms with Crippen molar-refractivity contribution in [2.45, 2.75) is 25.3 Å². The minimum Gasteiger partial charge on any atom is -0.370 e.